The number of hydrogen-bond acceptors (Lipinski definition) is 3. The van der Waals surface area contributed by atoms with Gasteiger partial charge in [-0.25, -0.2) is 4.90 Å². The molecule has 7 rings (SSSR count). The Kier molecular flexibility index (Phi) is 3.98. The lowest BCUT2D eigenvalue weighted by atomic mass is 9.46. The van der Waals surface area contributed by atoms with Crippen molar-refractivity contribution in [3.05, 3.63) is 99.0 Å². The Labute approximate surface area is 194 Å². The number of amides is 2. The third-order valence-corrected chi connectivity index (χ3v) is 8.44. The van der Waals surface area contributed by atoms with Crippen LogP contribution in [0.2, 0.25) is 0 Å². The molecular formula is C27H20BrNO3. The molecular weight excluding hydrogens is 466 g/mol. The van der Waals surface area contributed by atoms with Crippen LogP contribution in [-0.2, 0) is 19.8 Å². The number of anilines is 1. The van der Waals surface area contributed by atoms with Gasteiger partial charge in [-0.1, -0.05) is 70.5 Å². The molecule has 1 heterocycles. The largest absolute Gasteiger partial charge is 0.299 e. The number of rotatable bonds is 2. The number of Topliss-reactive ketones (excluding diaryl/α,β-unsaturated/α-hetero) is 1. The maximum absolute atomic E-state index is 14.0. The van der Waals surface area contributed by atoms with Crippen LogP contribution in [0.25, 0.3) is 0 Å². The van der Waals surface area contributed by atoms with Gasteiger partial charge >= 0.3 is 0 Å². The number of halogens is 1. The summed E-state index contributed by atoms with van der Waals surface area (Å²) in [7, 11) is 0. The van der Waals surface area contributed by atoms with Gasteiger partial charge in [-0.3, -0.25) is 14.4 Å². The summed E-state index contributed by atoms with van der Waals surface area (Å²) >= 11 is 3.52. The van der Waals surface area contributed by atoms with E-state index >= 15 is 0 Å². The minimum atomic E-state index is -1.16. The van der Waals surface area contributed by atoms with E-state index in [4.69, 9.17) is 0 Å². The highest BCUT2D eigenvalue weighted by atomic mass is 79.9. The third kappa shape index (κ3) is 2.15. The van der Waals surface area contributed by atoms with Crippen molar-refractivity contribution in [2.24, 2.45) is 11.8 Å². The van der Waals surface area contributed by atoms with E-state index in [1.54, 1.807) is 13.0 Å². The topological polar surface area (TPSA) is 54.5 Å². The molecule has 3 aromatic carbocycles. The third-order valence-electron chi connectivity index (χ3n) is 7.59. The van der Waals surface area contributed by atoms with Crippen LogP contribution < -0.4 is 4.90 Å². The summed E-state index contributed by atoms with van der Waals surface area (Å²) in [6.45, 7) is 3.51. The van der Waals surface area contributed by atoms with Crippen molar-refractivity contribution in [3.63, 3.8) is 0 Å². The molecule has 0 saturated carbocycles. The first-order chi connectivity index (χ1) is 15.4. The molecule has 2 atom stereocenters. The van der Waals surface area contributed by atoms with Crippen molar-refractivity contribution in [1.29, 1.82) is 0 Å². The molecule has 0 N–H and O–H groups in total. The lowest BCUT2D eigenvalue weighted by Crippen LogP contribution is -2.57. The Morgan fingerprint density at radius 3 is 2.06 bits per heavy atom. The molecule has 158 valence electrons. The SMILES string of the molecule is CC(=O)C12c3ccccc3C(c3ccccc31)[C@@H]1C(=O)N(c3ccc(C)c(Br)c3)C(=O)[C@H]12. The van der Waals surface area contributed by atoms with Crippen molar-refractivity contribution in [2.75, 3.05) is 4.90 Å². The van der Waals surface area contributed by atoms with E-state index in [0.29, 0.717) is 5.69 Å². The second kappa shape index (κ2) is 6.48. The fraction of sp³-hybridized carbons (Fsp3) is 0.222. The quantitative estimate of drug-likeness (QED) is 0.485. The molecule has 4 aliphatic rings. The van der Waals surface area contributed by atoms with Crippen LogP contribution in [0.15, 0.2) is 71.2 Å². The molecule has 1 saturated heterocycles. The first-order valence-corrected chi connectivity index (χ1v) is 11.5. The zero-order chi connectivity index (χ0) is 22.4. The maximum atomic E-state index is 14.0. The van der Waals surface area contributed by atoms with Crippen molar-refractivity contribution in [2.45, 2.75) is 25.2 Å². The van der Waals surface area contributed by atoms with Crippen molar-refractivity contribution in [1.82, 2.24) is 0 Å². The number of aryl methyl sites for hydroxylation is 1. The van der Waals surface area contributed by atoms with Gasteiger partial charge in [-0.2, -0.15) is 0 Å². The van der Waals surface area contributed by atoms with Crippen molar-refractivity contribution in [3.8, 4) is 0 Å². The molecule has 2 amide bonds. The van der Waals surface area contributed by atoms with E-state index in [1.165, 1.54) is 4.90 Å². The fourth-order valence-electron chi connectivity index (χ4n) is 6.35. The lowest BCUT2D eigenvalue weighted by Gasteiger charge is -2.52. The second-order valence-electron chi connectivity index (χ2n) is 8.97. The zero-order valence-corrected chi connectivity index (χ0v) is 19.2. The standard InChI is InChI=1S/C27H20BrNO3/c1-14-11-12-16(13-21(14)28)29-25(31)23-22-17-7-3-5-9-19(17)27(15(2)30,24(23)26(29)32)20-10-6-4-8-18(20)22/h3-13,22-24H,1-2H3/t22?,23-,24-,27?/m0/s1. The second-order valence-corrected chi connectivity index (χ2v) is 9.82. The smallest absolute Gasteiger partial charge is 0.239 e. The van der Waals surface area contributed by atoms with Crippen LogP contribution in [-0.4, -0.2) is 17.6 Å². The summed E-state index contributed by atoms with van der Waals surface area (Å²) in [6.07, 6.45) is 0. The number of imide groups is 1. The van der Waals surface area contributed by atoms with Gasteiger partial charge in [0.2, 0.25) is 11.8 Å². The average molecular weight is 486 g/mol. The van der Waals surface area contributed by atoms with Gasteiger partial charge in [-0.05, 0) is 53.8 Å². The van der Waals surface area contributed by atoms with Crippen LogP contribution in [0.4, 0.5) is 5.69 Å². The molecule has 0 radical (unpaired) electrons. The van der Waals surface area contributed by atoms with Gasteiger partial charge in [0.15, 0.2) is 0 Å². The van der Waals surface area contributed by atoms with E-state index in [1.807, 2.05) is 67.6 Å². The molecule has 0 aromatic heterocycles. The van der Waals surface area contributed by atoms with Crippen LogP contribution >= 0.6 is 15.9 Å². The van der Waals surface area contributed by atoms with Gasteiger partial charge < -0.3 is 0 Å². The molecule has 1 aliphatic heterocycles. The summed E-state index contributed by atoms with van der Waals surface area (Å²) in [6, 6.07) is 21.1. The van der Waals surface area contributed by atoms with Gasteiger partial charge in [0.1, 0.15) is 5.78 Å². The van der Waals surface area contributed by atoms with Gasteiger partial charge in [0, 0.05) is 10.4 Å². The average Bonchev–Trinajstić information content (AvgIpc) is 3.06. The molecule has 32 heavy (non-hydrogen) atoms. The fourth-order valence-corrected chi connectivity index (χ4v) is 6.71. The summed E-state index contributed by atoms with van der Waals surface area (Å²) in [5, 5.41) is 0. The minimum Gasteiger partial charge on any atom is -0.299 e. The number of nitrogens with zero attached hydrogens (tertiary/aromatic N) is 1. The van der Waals surface area contributed by atoms with E-state index in [-0.39, 0.29) is 23.5 Å². The van der Waals surface area contributed by atoms with Gasteiger partial charge in [0.05, 0.1) is 22.9 Å². The minimum absolute atomic E-state index is 0.0985. The summed E-state index contributed by atoms with van der Waals surface area (Å²) < 4.78 is 0.835. The van der Waals surface area contributed by atoms with Crippen LogP contribution in [0.5, 0.6) is 0 Å². The highest BCUT2D eigenvalue weighted by molar-refractivity contribution is 9.10. The van der Waals surface area contributed by atoms with Crippen LogP contribution in [0.3, 0.4) is 0 Å². The Bertz CT molecular complexity index is 1310. The lowest BCUT2D eigenvalue weighted by molar-refractivity contribution is -0.132. The number of carbonyl (C=O) groups excluding carboxylic acids is 3. The Morgan fingerprint density at radius 2 is 1.50 bits per heavy atom. The highest BCUT2D eigenvalue weighted by Crippen LogP contribution is 2.64. The van der Waals surface area contributed by atoms with Crippen LogP contribution in [0, 0.1) is 18.8 Å². The molecule has 2 bridgehead atoms. The monoisotopic (exact) mass is 485 g/mol. The number of ketones is 1. The first-order valence-electron chi connectivity index (χ1n) is 10.7. The molecule has 3 aliphatic carbocycles. The predicted octanol–water partition coefficient (Wildman–Crippen LogP) is 4.90. The normalized spacial score (nSPS) is 27.2. The molecule has 4 nitrogen and oxygen atoms in total. The van der Waals surface area contributed by atoms with E-state index in [2.05, 4.69) is 15.9 Å². The van der Waals surface area contributed by atoms with Crippen molar-refractivity contribution >= 4 is 39.2 Å². The number of hydrogen-bond donors (Lipinski definition) is 0. The van der Waals surface area contributed by atoms with Gasteiger partial charge in [-0.15, -0.1) is 0 Å². The molecule has 0 spiro atoms. The molecule has 0 unspecified atom stereocenters. The molecule has 1 fully saturated rings. The summed E-state index contributed by atoms with van der Waals surface area (Å²) in [5.41, 5.74) is 4.10. The number of carbonyl (C=O) groups is 3. The summed E-state index contributed by atoms with van der Waals surface area (Å²) in [4.78, 5) is 42.8. The molecule has 3 aromatic rings. The zero-order valence-electron chi connectivity index (χ0n) is 17.6. The van der Waals surface area contributed by atoms with E-state index < -0.39 is 17.3 Å². The van der Waals surface area contributed by atoms with E-state index in [9.17, 15) is 14.4 Å². The van der Waals surface area contributed by atoms with Gasteiger partial charge in [0.25, 0.3) is 0 Å². The molecule has 5 heteroatoms. The Balaban J connectivity index is 1.66. The Morgan fingerprint density at radius 1 is 0.906 bits per heavy atom. The maximum Gasteiger partial charge on any atom is 0.239 e. The predicted molar refractivity (Wildman–Crippen MR) is 125 cm³/mol. The summed E-state index contributed by atoms with van der Waals surface area (Å²) in [5.74, 6) is -2.21. The first kappa shape index (κ1) is 19.6. The highest BCUT2D eigenvalue weighted by Gasteiger charge is 2.69. The van der Waals surface area contributed by atoms with Crippen molar-refractivity contribution < 1.29 is 14.4 Å². The van der Waals surface area contributed by atoms with E-state index in [0.717, 1.165) is 32.3 Å². The van der Waals surface area contributed by atoms with Crippen LogP contribution in [0.1, 0.15) is 40.7 Å². The Hall–Kier alpha value is -3.05. The number of benzene rings is 3.